The van der Waals surface area contributed by atoms with Crippen LogP contribution in [0.3, 0.4) is 0 Å². The van der Waals surface area contributed by atoms with Crippen molar-refractivity contribution in [3.63, 3.8) is 0 Å². The molecule has 1 heterocycles. The van der Waals surface area contributed by atoms with E-state index in [9.17, 15) is 36.6 Å². The van der Waals surface area contributed by atoms with Crippen molar-refractivity contribution in [3.8, 4) is 0 Å². The Bertz CT molecular complexity index is 613. The van der Waals surface area contributed by atoms with Crippen LogP contribution < -0.4 is 5.11 Å². The molecule has 1 aromatic heterocycles. The van der Waals surface area contributed by atoms with Crippen LogP contribution in [0.15, 0.2) is 6.20 Å². The minimum Gasteiger partial charge on any atom is -0.545 e. The Hall–Kier alpha value is -2.26. The average Bonchev–Trinajstić information content (AvgIpc) is 2.34. The molecule has 0 saturated heterocycles. The van der Waals surface area contributed by atoms with Crippen LogP contribution in [0.25, 0.3) is 0 Å². The number of aromatic carboxylic acids is 1. The van der Waals surface area contributed by atoms with Crippen LogP contribution in [-0.4, -0.2) is 23.5 Å². The molecule has 128 valence electrons. The molecule has 0 aliphatic rings. The Morgan fingerprint density at radius 1 is 1.30 bits per heavy atom. The maximum atomic E-state index is 12.9. The summed E-state index contributed by atoms with van der Waals surface area (Å²) in [6.45, 7) is -0.438. The van der Waals surface area contributed by atoms with E-state index in [2.05, 4.69) is 9.72 Å². The molecule has 0 radical (unpaired) electrons. The number of carboxylic acid groups (broad SMARTS) is 1. The number of carboxylic acids is 1. The van der Waals surface area contributed by atoms with Crippen LogP contribution in [-0.2, 0) is 17.3 Å². The SMILES string of the molecule is CC(C)Cc1c(C(=O)OC(F)F)cnc(C(F)(F)F)c1C(=O)[O-]. The molecule has 5 nitrogen and oxygen atoms in total. The zero-order valence-corrected chi connectivity index (χ0v) is 11.9. The van der Waals surface area contributed by atoms with E-state index in [1.54, 1.807) is 0 Å². The number of rotatable bonds is 5. The normalized spacial score (nSPS) is 11.9. The van der Waals surface area contributed by atoms with Crippen molar-refractivity contribution in [2.24, 2.45) is 5.92 Å². The molecule has 0 N–H and O–H groups in total. The van der Waals surface area contributed by atoms with Gasteiger partial charge in [0.2, 0.25) is 0 Å². The van der Waals surface area contributed by atoms with Crippen LogP contribution in [0.5, 0.6) is 0 Å². The van der Waals surface area contributed by atoms with Gasteiger partial charge in [0.25, 0.3) is 0 Å². The molecule has 10 heteroatoms. The number of pyridine rings is 1. The number of nitrogens with zero attached hydrogens (tertiary/aromatic N) is 1. The van der Waals surface area contributed by atoms with E-state index in [-0.39, 0.29) is 12.3 Å². The Labute approximate surface area is 127 Å². The summed E-state index contributed by atoms with van der Waals surface area (Å²) in [4.78, 5) is 25.5. The largest absolute Gasteiger partial charge is 0.545 e. The Balaban J connectivity index is 3.63. The summed E-state index contributed by atoms with van der Waals surface area (Å²) in [5.74, 6) is -4.26. The zero-order valence-electron chi connectivity index (χ0n) is 11.9. The molecule has 0 atom stereocenters. The molecule has 0 amide bonds. The predicted molar refractivity (Wildman–Crippen MR) is 63.5 cm³/mol. The molecule has 0 spiro atoms. The van der Waals surface area contributed by atoms with E-state index < -0.39 is 47.1 Å². The predicted octanol–water partition coefficient (Wildman–Crippen LogP) is 2.04. The van der Waals surface area contributed by atoms with Gasteiger partial charge in [-0.25, -0.2) is 4.79 Å². The Morgan fingerprint density at radius 3 is 2.26 bits per heavy atom. The Morgan fingerprint density at radius 2 is 1.87 bits per heavy atom. The molecule has 23 heavy (non-hydrogen) atoms. The highest BCUT2D eigenvalue weighted by atomic mass is 19.4. The van der Waals surface area contributed by atoms with Crippen molar-refractivity contribution >= 4 is 11.9 Å². The lowest BCUT2D eigenvalue weighted by Crippen LogP contribution is -2.30. The number of aromatic nitrogens is 1. The lowest BCUT2D eigenvalue weighted by molar-refractivity contribution is -0.256. The molecule has 0 fully saturated rings. The van der Waals surface area contributed by atoms with Gasteiger partial charge in [0.05, 0.1) is 11.5 Å². The van der Waals surface area contributed by atoms with Gasteiger partial charge in [-0.2, -0.15) is 22.0 Å². The van der Waals surface area contributed by atoms with Crippen LogP contribution in [0.2, 0.25) is 0 Å². The van der Waals surface area contributed by atoms with Gasteiger partial charge in [-0.3, -0.25) is 4.98 Å². The molecule has 0 aromatic carbocycles. The van der Waals surface area contributed by atoms with Crippen molar-refractivity contribution in [1.82, 2.24) is 4.98 Å². The Kier molecular flexibility index (Phi) is 5.62. The maximum absolute atomic E-state index is 12.9. The van der Waals surface area contributed by atoms with Gasteiger partial charge < -0.3 is 14.6 Å². The maximum Gasteiger partial charge on any atom is 0.434 e. The molecule has 0 saturated carbocycles. The summed E-state index contributed by atoms with van der Waals surface area (Å²) in [6, 6.07) is 0. The second kappa shape index (κ2) is 6.88. The molecule has 0 aliphatic heterocycles. The molecule has 1 rings (SSSR count). The molecular weight excluding hydrogens is 329 g/mol. The van der Waals surface area contributed by atoms with E-state index in [1.165, 1.54) is 13.8 Å². The lowest BCUT2D eigenvalue weighted by Gasteiger charge is -2.20. The third-order valence-corrected chi connectivity index (χ3v) is 2.69. The zero-order chi connectivity index (χ0) is 17.9. The smallest absolute Gasteiger partial charge is 0.434 e. The average molecular weight is 340 g/mol. The van der Waals surface area contributed by atoms with Crippen LogP contribution in [0.4, 0.5) is 22.0 Å². The quantitative estimate of drug-likeness (QED) is 0.605. The van der Waals surface area contributed by atoms with Gasteiger partial charge in [0.15, 0.2) is 5.69 Å². The molecule has 0 bridgehead atoms. The van der Waals surface area contributed by atoms with Gasteiger partial charge in [-0.05, 0) is 17.9 Å². The number of hydrogen-bond donors (Lipinski definition) is 0. The number of halogens is 5. The molecular formula is C13H11F5NO4-. The minimum absolute atomic E-state index is 0.303. The van der Waals surface area contributed by atoms with Crippen molar-refractivity contribution in [2.45, 2.75) is 33.1 Å². The second-order valence-corrected chi connectivity index (χ2v) is 4.92. The van der Waals surface area contributed by atoms with Gasteiger partial charge in [0, 0.05) is 11.8 Å². The van der Waals surface area contributed by atoms with Crippen LogP contribution in [0, 0.1) is 5.92 Å². The first kappa shape index (κ1) is 18.8. The van der Waals surface area contributed by atoms with Crippen molar-refractivity contribution in [2.75, 3.05) is 0 Å². The lowest BCUT2D eigenvalue weighted by atomic mass is 9.93. The fourth-order valence-corrected chi connectivity index (χ4v) is 1.92. The number of carbonyl (C=O) groups is 2. The highest BCUT2D eigenvalue weighted by Gasteiger charge is 2.38. The first-order valence-electron chi connectivity index (χ1n) is 6.24. The fraction of sp³-hybridized carbons (Fsp3) is 0.462. The number of ether oxygens (including phenoxy) is 1. The summed E-state index contributed by atoms with van der Waals surface area (Å²) < 4.78 is 66.5. The molecule has 0 unspecified atom stereocenters. The van der Waals surface area contributed by atoms with E-state index in [0.717, 1.165) is 0 Å². The van der Waals surface area contributed by atoms with Gasteiger partial charge >= 0.3 is 18.8 Å². The van der Waals surface area contributed by atoms with E-state index in [1.807, 2.05) is 0 Å². The van der Waals surface area contributed by atoms with Gasteiger partial charge in [-0.15, -0.1) is 0 Å². The standard InChI is InChI=1S/C13H12F5NO4/c1-5(2)3-6-7(11(22)23-12(14)15)4-19-9(13(16,17)18)8(6)10(20)21/h4-5,12H,3H2,1-2H3,(H,20,21)/p-1. The van der Waals surface area contributed by atoms with E-state index >= 15 is 0 Å². The third kappa shape index (κ3) is 4.60. The number of esters is 1. The summed E-state index contributed by atoms with van der Waals surface area (Å²) in [6.07, 6.45) is -5.05. The van der Waals surface area contributed by atoms with Crippen LogP contribution >= 0.6 is 0 Å². The molecule has 1 aromatic rings. The monoisotopic (exact) mass is 340 g/mol. The number of alkyl halides is 5. The topological polar surface area (TPSA) is 79.3 Å². The number of carbonyl (C=O) groups excluding carboxylic acids is 2. The molecule has 0 aliphatic carbocycles. The van der Waals surface area contributed by atoms with Crippen molar-refractivity contribution in [3.05, 3.63) is 28.6 Å². The van der Waals surface area contributed by atoms with Crippen molar-refractivity contribution < 1.29 is 41.4 Å². The highest BCUT2D eigenvalue weighted by molar-refractivity contribution is 5.97. The summed E-state index contributed by atoms with van der Waals surface area (Å²) >= 11 is 0. The van der Waals surface area contributed by atoms with Crippen LogP contribution in [0.1, 0.15) is 45.8 Å². The first-order chi connectivity index (χ1) is 10.4. The van der Waals surface area contributed by atoms with E-state index in [4.69, 9.17) is 0 Å². The van der Waals surface area contributed by atoms with Gasteiger partial charge in [-0.1, -0.05) is 13.8 Å². The first-order valence-corrected chi connectivity index (χ1v) is 6.24. The summed E-state index contributed by atoms with van der Waals surface area (Å²) in [5, 5.41) is 11.1. The second-order valence-electron chi connectivity index (χ2n) is 4.92. The minimum atomic E-state index is -5.12. The third-order valence-electron chi connectivity index (χ3n) is 2.69. The summed E-state index contributed by atoms with van der Waals surface area (Å²) in [7, 11) is 0. The number of hydrogen-bond acceptors (Lipinski definition) is 5. The fourth-order valence-electron chi connectivity index (χ4n) is 1.92. The van der Waals surface area contributed by atoms with Crippen molar-refractivity contribution in [1.29, 1.82) is 0 Å². The van der Waals surface area contributed by atoms with E-state index in [0.29, 0.717) is 6.20 Å². The highest BCUT2D eigenvalue weighted by Crippen LogP contribution is 2.33. The summed E-state index contributed by atoms with van der Waals surface area (Å²) in [5.41, 5.74) is -4.49. The van der Waals surface area contributed by atoms with Gasteiger partial charge in [0.1, 0.15) is 0 Å².